The number of allylic oxidation sites excluding steroid dienone is 1. The number of aliphatic carboxylic acids is 1. The number of aromatic amines is 1. The van der Waals surface area contributed by atoms with E-state index in [2.05, 4.69) is 79.0 Å². The Morgan fingerprint density at radius 2 is 0.740 bits per heavy atom. The number of aliphatic imine (C=N–C) groups is 1. The standard InChI is InChI=1S/C14H16ClN3O2.C14H18N4O2.C14H17N3O3.C13H20O5.C12H14N4O.C11H18O4.C9H14O4.C9H14O3.C4H6N2.Cl3OP/c2*15-12-9-11(17-13-3-6-16-18(12)13)10-1-4-14(5-2-10)19-7-8-20-14;18-13-9-11(16-12-3-6-15-17(12)13)10-1-4-14(5-2-10)19-7-8-20-14;1-2-16-12(15)9-11(14)10-3-5-13(6-4-10)17-7-8-18-13;13-11-7-10(8-1-3-9(17)4-2-8)15-12-5-6-14-16(11)12;1-2-13-10(12)9-3-5-11(6-4-9)14-7-8-15-11;10-8(11)7-1-3-9(4-2-7)12-5-6-13-9;1-2-12-9(11)7-3-5-8(10)6-4-7;5-4-1-2-6-3-4;1-5(2,3)4/h3,6,9-10H,1-2,4-5,7-8H2;3,6,9-10H,1-2,4-5,7-8,15H2;3,6,9-10,15H,1-2,4-5,7-8H2;10H,2-9H2,1H3;5-8H,1-4,13H2;9H,2-8H2,1H3;7H,1-6H2,(H,10,11);7H,2-6H2,1H3;1-2H,3,5H2;. The number of H-pyrrole nitrogens is 1. The van der Waals surface area contributed by atoms with Gasteiger partial charge in [0.15, 0.2) is 57.3 Å². The van der Waals surface area contributed by atoms with Crippen LogP contribution in [-0.2, 0) is 109 Å². The molecule has 15 aliphatic rings. The molecule has 0 aromatic carbocycles. The fraction of sp³-hybridized carbons (Fsp3) is 0.660. The van der Waals surface area contributed by atoms with Gasteiger partial charge in [0.1, 0.15) is 40.6 Å². The van der Waals surface area contributed by atoms with E-state index in [0.717, 1.165) is 226 Å². The van der Waals surface area contributed by atoms with Crippen LogP contribution in [-0.4, -0.2) is 251 Å². The SMILES string of the molecule is CCOC(=O)C1CCC(=O)CC1.CCOC(=O)C1CCC2(CC1)OCCO2.CCOC(=O)CC(=O)C1CCC2(CC1)OCCO2.Clc1cc(C2CCC3(CC2)OCCO3)nc2ccnn12.NC1=CC=NC1.Nc1cc(C2CCC(=O)CC2)nc2ccnn12.Nc1cc(C2CCC3(CC2)OCCO3)nc2ccnn12.O=C(O)C1CCC2(CC1)OCCO2.O=P(Cl)(Cl)Cl.O=c1cc(C2CCC3(CC2)OCCO3)nc2cc[nH]n12. The summed E-state index contributed by atoms with van der Waals surface area (Å²) >= 11 is 20.1. The number of Topliss-reactive ketones (excluding diaryl/α,β-unsaturated/α-hetero) is 3. The first-order valence-electron chi connectivity index (χ1n) is 51.1. The number of hydrogen-bond donors (Lipinski definition) is 5. The van der Waals surface area contributed by atoms with Crippen molar-refractivity contribution in [3.8, 4) is 0 Å². The first-order valence-corrected chi connectivity index (χ1v) is 55.9. The van der Waals surface area contributed by atoms with E-state index in [-0.39, 0.29) is 82.3 Å². The third kappa shape index (κ3) is 31.5. The van der Waals surface area contributed by atoms with Crippen molar-refractivity contribution in [2.75, 3.05) is 117 Å². The molecular formula is C100H137Cl4N16O25P. The number of aromatic nitrogens is 12. The van der Waals surface area contributed by atoms with Gasteiger partial charge in [0.2, 0.25) is 0 Å². The molecule has 14 fully saturated rings. The summed E-state index contributed by atoms with van der Waals surface area (Å²) in [5.41, 5.74) is 25.1. The van der Waals surface area contributed by atoms with Crippen LogP contribution in [0.4, 0.5) is 11.6 Å². The lowest BCUT2D eigenvalue weighted by atomic mass is 9.82. The van der Waals surface area contributed by atoms with E-state index in [1.807, 2.05) is 49.4 Å². The minimum Gasteiger partial charge on any atom is -0.481 e. The molecule has 23 rings (SSSR count). The van der Waals surface area contributed by atoms with Crippen molar-refractivity contribution < 1.29 is 114 Å². The summed E-state index contributed by atoms with van der Waals surface area (Å²) in [6.07, 6.45) is 36.3. The number of esters is 3. The largest absolute Gasteiger partial charge is 0.481 e. The minimum absolute atomic E-state index is 0.0127. The highest BCUT2D eigenvalue weighted by molar-refractivity contribution is 8.24. The van der Waals surface area contributed by atoms with Gasteiger partial charge in [-0.25, -0.2) is 29.0 Å². The molecule has 0 unspecified atom stereocenters. The normalized spacial score (nSPS) is 24.0. The third-order valence-electron chi connectivity index (χ3n) is 29.0. The van der Waals surface area contributed by atoms with E-state index in [1.165, 1.54) is 4.52 Å². The lowest BCUT2D eigenvalue weighted by Crippen LogP contribution is -2.37. The molecule has 46 heteroatoms. The number of carboxylic acids is 1. The number of rotatable bonds is 13. The van der Waals surface area contributed by atoms with Crippen LogP contribution in [0.1, 0.15) is 279 Å². The molecule has 8 saturated carbocycles. The van der Waals surface area contributed by atoms with E-state index in [9.17, 15) is 42.9 Å². The van der Waals surface area contributed by atoms with Crippen LogP contribution < -0.4 is 22.8 Å². The number of halogens is 4. The second-order valence-electron chi connectivity index (χ2n) is 38.5. The molecule has 0 amide bonds. The van der Waals surface area contributed by atoms with Gasteiger partial charge in [0, 0.05) is 210 Å². The van der Waals surface area contributed by atoms with Crippen LogP contribution in [0.2, 0.25) is 5.15 Å². The Hall–Kier alpha value is -9.11. The molecule has 800 valence electrons. The average Bonchev–Trinajstić information content (AvgIpc) is 1.43. The Labute approximate surface area is 865 Å². The third-order valence-corrected chi connectivity index (χ3v) is 29.3. The number of hydrogen-bond acceptors (Lipinski definition) is 35. The molecule has 8 aromatic heterocycles. The van der Waals surface area contributed by atoms with Crippen molar-refractivity contribution in [1.29, 1.82) is 0 Å². The number of nitrogen functional groups attached to an aromatic ring is 2. The van der Waals surface area contributed by atoms with Gasteiger partial charge in [-0.1, -0.05) is 11.6 Å². The topological polar surface area (TPSA) is 526 Å². The molecule has 7 aliphatic heterocycles. The fourth-order valence-electron chi connectivity index (χ4n) is 21.1. The van der Waals surface area contributed by atoms with Crippen LogP contribution in [0.3, 0.4) is 0 Å². The van der Waals surface area contributed by atoms with E-state index in [1.54, 1.807) is 70.5 Å². The average molecular weight is 2140 g/mol. The lowest BCUT2D eigenvalue weighted by Gasteiger charge is -2.35. The molecule has 8 N–H and O–H groups in total. The summed E-state index contributed by atoms with van der Waals surface area (Å²) in [7, 11) is 0. The van der Waals surface area contributed by atoms with Gasteiger partial charge in [-0.2, -0.15) is 24.3 Å². The van der Waals surface area contributed by atoms with E-state index in [0.29, 0.717) is 182 Å². The van der Waals surface area contributed by atoms with Crippen molar-refractivity contribution in [2.24, 2.45) is 34.4 Å². The van der Waals surface area contributed by atoms with Gasteiger partial charge >= 0.3 is 29.1 Å². The quantitative estimate of drug-likeness (QED) is 0.0235. The second kappa shape index (κ2) is 53.0. The van der Waals surface area contributed by atoms with Crippen LogP contribution in [0, 0.1) is 23.7 Å². The Balaban J connectivity index is 0.000000131. The van der Waals surface area contributed by atoms with Crippen LogP contribution >= 0.6 is 50.5 Å². The van der Waals surface area contributed by atoms with Crippen molar-refractivity contribution in [3.63, 3.8) is 0 Å². The zero-order valence-corrected chi connectivity index (χ0v) is 87.1. The van der Waals surface area contributed by atoms with Crippen molar-refractivity contribution in [3.05, 3.63) is 123 Å². The molecule has 8 aromatic rings. The maximum Gasteiger partial charge on any atom is 0.339 e. The number of anilines is 2. The highest BCUT2D eigenvalue weighted by atomic mass is 36.0. The zero-order valence-electron chi connectivity index (χ0n) is 83.2. The summed E-state index contributed by atoms with van der Waals surface area (Å²) < 4.78 is 98.5. The molecular weight excluding hydrogens is 2000 g/mol. The minimum atomic E-state index is -3.22. The maximum atomic E-state index is 12.0. The smallest absolute Gasteiger partial charge is 0.339 e. The monoisotopic (exact) mass is 2130 g/mol. The van der Waals surface area contributed by atoms with Gasteiger partial charge in [-0.15, -0.1) is 0 Å². The summed E-state index contributed by atoms with van der Waals surface area (Å²) in [5.74, 6) is -0.371. The molecule has 8 aliphatic carbocycles. The number of ketones is 3. The predicted molar refractivity (Wildman–Crippen MR) is 537 cm³/mol. The second-order valence-corrected chi connectivity index (χ2v) is 45.6. The highest BCUT2D eigenvalue weighted by Crippen LogP contribution is 2.61. The van der Waals surface area contributed by atoms with Gasteiger partial charge in [-0.3, -0.25) is 53.0 Å². The number of carbonyl (C=O) groups excluding carboxylic acids is 6. The fourth-order valence-corrected chi connectivity index (χ4v) is 21.4. The number of nitrogens with two attached hydrogens (primary N) is 3. The summed E-state index contributed by atoms with van der Waals surface area (Å²) in [6.45, 7) is 15.5. The van der Waals surface area contributed by atoms with Crippen LogP contribution in [0.5, 0.6) is 0 Å². The van der Waals surface area contributed by atoms with Gasteiger partial charge in [0.25, 0.3) is 5.56 Å². The Morgan fingerprint density at radius 1 is 0.425 bits per heavy atom. The summed E-state index contributed by atoms with van der Waals surface area (Å²) in [5, 5.41) is 21.4. The van der Waals surface area contributed by atoms with Gasteiger partial charge in [-0.05, 0) is 169 Å². The van der Waals surface area contributed by atoms with Gasteiger partial charge < -0.3 is 93.4 Å². The molecule has 0 bridgehead atoms. The highest BCUT2D eigenvalue weighted by Gasteiger charge is 2.48. The molecule has 146 heavy (non-hydrogen) atoms. The number of nitrogens with zero attached hydrogens (tertiary/aromatic N) is 12. The first-order chi connectivity index (χ1) is 70.3. The van der Waals surface area contributed by atoms with E-state index < -0.39 is 28.7 Å². The molecule has 6 saturated heterocycles. The van der Waals surface area contributed by atoms with E-state index >= 15 is 0 Å². The predicted octanol–water partition coefficient (Wildman–Crippen LogP) is 15.4. The van der Waals surface area contributed by atoms with E-state index in [4.69, 9.17) is 105 Å². The molecule has 0 atom stereocenters. The molecule has 6 spiro atoms. The maximum absolute atomic E-state index is 12.0. The molecule has 41 nitrogen and oxygen atoms in total. The summed E-state index contributed by atoms with van der Waals surface area (Å²) in [6, 6.07) is 14.8. The molecule has 15 heterocycles. The number of ether oxygens (including phenoxy) is 15. The van der Waals surface area contributed by atoms with Crippen molar-refractivity contribution in [2.45, 2.75) is 291 Å². The Bertz CT molecular complexity index is 5660. The number of fused-ring (bicyclic) bond motifs is 4. The van der Waals surface area contributed by atoms with Crippen molar-refractivity contribution >= 4 is 132 Å². The van der Waals surface area contributed by atoms with Crippen LogP contribution in [0.15, 0.2) is 94.9 Å². The van der Waals surface area contributed by atoms with Crippen LogP contribution in [0.25, 0.3) is 22.6 Å². The zero-order chi connectivity index (χ0) is 103. The number of carboxylic acid groups (broad SMARTS) is 1. The first kappa shape index (κ1) is 113. The number of carbonyl (C=O) groups is 7. The number of nitrogens with one attached hydrogen (secondary N) is 1. The van der Waals surface area contributed by atoms with Gasteiger partial charge in [0.05, 0.1) is 148 Å². The summed E-state index contributed by atoms with van der Waals surface area (Å²) in [4.78, 5) is 113. The lowest BCUT2D eigenvalue weighted by molar-refractivity contribution is -0.188. The molecule has 0 radical (unpaired) electrons. The Morgan fingerprint density at radius 3 is 1.09 bits per heavy atom. The van der Waals surface area contributed by atoms with Crippen molar-refractivity contribution in [1.82, 2.24) is 58.4 Å². The Kier molecular flexibility index (Phi) is 40.9.